The summed E-state index contributed by atoms with van der Waals surface area (Å²) in [6.07, 6.45) is 0. The molecule has 9 heteroatoms. The summed E-state index contributed by atoms with van der Waals surface area (Å²) in [5.74, 6) is -0.0688. The van der Waals surface area contributed by atoms with E-state index in [1.807, 2.05) is 19.0 Å². The molecule has 0 heterocycles. The Balaban J connectivity index is 3.28. The largest absolute Gasteiger partial charge is 0.497 e. The fraction of sp³-hybridized carbons (Fsp3) is 0.611. The van der Waals surface area contributed by atoms with Crippen molar-refractivity contribution >= 4 is 16.0 Å². The number of carbonyl (C=O) groups is 1. The van der Waals surface area contributed by atoms with Crippen LogP contribution in [0.15, 0.2) is 23.1 Å². The molecule has 1 rings (SSSR count). The molecule has 0 unspecified atom stereocenters. The van der Waals surface area contributed by atoms with E-state index >= 15 is 0 Å². The van der Waals surface area contributed by atoms with Gasteiger partial charge in [-0.2, -0.15) is 4.31 Å². The molecule has 0 aliphatic rings. The molecule has 0 spiro atoms. The third kappa shape index (κ3) is 7.00. The van der Waals surface area contributed by atoms with E-state index in [9.17, 15) is 13.2 Å². The van der Waals surface area contributed by atoms with E-state index < -0.39 is 28.1 Å². The number of rotatable bonds is 9. The van der Waals surface area contributed by atoms with Crippen molar-refractivity contribution in [2.45, 2.75) is 31.3 Å². The smallest absolute Gasteiger partial charge is 0.321 e. The molecule has 0 bridgehead atoms. The lowest BCUT2D eigenvalue weighted by Crippen LogP contribution is -2.42. The second-order valence-electron chi connectivity index (χ2n) is 7.25. The van der Waals surface area contributed by atoms with Crippen molar-refractivity contribution in [1.29, 1.82) is 0 Å². The third-order valence-corrected chi connectivity index (χ3v) is 5.38. The van der Waals surface area contributed by atoms with Crippen LogP contribution in [0.2, 0.25) is 0 Å². The first kappa shape index (κ1) is 23.2. The van der Waals surface area contributed by atoms with Crippen molar-refractivity contribution < 1.29 is 27.4 Å². The summed E-state index contributed by atoms with van der Waals surface area (Å²) < 4.78 is 43.2. The summed E-state index contributed by atoms with van der Waals surface area (Å²) in [5.41, 5.74) is -0.707. The summed E-state index contributed by atoms with van der Waals surface area (Å²) >= 11 is 0. The van der Waals surface area contributed by atoms with E-state index in [0.29, 0.717) is 12.3 Å². The highest BCUT2D eigenvalue weighted by atomic mass is 32.2. The number of ether oxygens (including phenoxy) is 3. The standard InChI is InChI=1S/C18H30N2O6S/c1-18(2,3)26-17(21)13-20(11-10-19(4)5)27(22,23)16-12-14(24-6)8-9-15(16)25-7/h8-9,12H,10-11,13H2,1-7H3. The maximum absolute atomic E-state index is 13.3. The molecule has 1 aromatic rings. The van der Waals surface area contributed by atoms with Crippen LogP contribution < -0.4 is 9.47 Å². The number of hydrogen-bond donors (Lipinski definition) is 0. The van der Waals surface area contributed by atoms with Gasteiger partial charge in [0.25, 0.3) is 0 Å². The van der Waals surface area contributed by atoms with Gasteiger partial charge in [-0.05, 0) is 47.0 Å². The van der Waals surface area contributed by atoms with Crippen LogP contribution in [0.25, 0.3) is 0 Å². The molecule has 8 nitrogen and oxygen atoms in total. The number of methoxy groups -OCH3 is 2. The molecule has 0 N–H and O–H groups in total. The average Bonchev–Trinajstić information content (AvgIpc) is 2.55. The lowest BCUT2D eigenvalue weighted by atomic mass is 10.2. The minimum atomic E-state index is -4.02. The predicted molar refractivity (Wildman–Crippen MR) is 103 cm³/mol. The van der Waals surface area contributed by atoms with Crippen molar-refractivity contribution in [3.8, 4) is 11.5 Å². The van der Waals surface area contributed by atoms with Crippen LogP contribution >= 0.6 is 0 Å². The van der Waals surface area contributed by atoms with Gasteiger partial charge >= 0.3 is 5.97 Å². The Hall–Kier alpha value is -1.84. The van der Waals surface area contributed by atoms with Gasteiger partial charge in [0.05, 0.1) is 14.2 Å². The number of esters is 1. The Morgan fingerprint density at radius 2 is 1.70 bits per heavy atom. The maximum atomic E-state index is 13.3. The highest BCUT2D eigenvalue weighted by molar-refractivity contribution is 7.89. The van der Waals surface area contributed by atoms with Gasteiger partial charge in [-0.3, -0.25) is 4.79 Å². The number of sulfonamides is 1. The number of carbonyl (C=O) groups excluding carboxylic acids is 1. The molecule has 0 aliphatic heterocycles. The van der Waals surface area contributed by atoms with Crippen LogP contribution in [-0.4, -0.2) is 77.1 Å². The molecule has 0 atom stereocenters. The van der Waals surface area contributed by atoms with Crippen LogP contribution in [0.1, 0.15) is 20.8 Å². The first-order valence-electron chi connectivity index (χ1n) is 8.49. The third-order valence-electron chi connectivity index (χ3n) is 3.51. The Kier molecular flexibility index (Phi) is 8.06. The number of likely N-dealkylation sites (N-methyl/N-ethyl adjacent to an activating group) is 1. The van der Waals surface area contributed by atoms with Gasteiger partial charge in [0.15, 0.2) is 0 Å². The number of nitrogens with zero attached hydrogens (tertiary/aromatic N) is 2. The Morgan fingerprint density at radius 3 is 2.19 bits per heavy atom. The lowest BCUT2D eigenvalue weighted by Gasteiger charge is -2.26. The topological polar surface area (TPSA) is 85.4 Å². The molecule has 0 aliphatic carbocycles. The van der Waals surface area contributed by atoms with E-state index in [2.05, 4.69) is 0 Å². The molecule has 0 saturated carbocycles. The summed E-state index contributed by atoms with van der Waals surface area (Å²) in [5, 5.41) is 0. The molecule has 1 aromatic carbocycles. The van der Waals surface area contributed by atoms with Crippen LogP contribution in [0.4, 0.5) is 0 Å². The molecule has 0 aromatic heterocycles. The summed E-state index contributed by atoms with van der Waals surface area (Å²) in [7, 11) is 2.46. The molecule has 0 radical (unpaired) electrons. The number of benzene rings is 1. The zero-order valence-corrected chi connectivity index (χ0v) is 17.9. The monoisotopic (exact) mass is 402 g/mol. The molecular formula is C18H30N2O6S. The normalized spacial score (nSPS) is 12.3. The van der Waals surface area contributed by atoms with Gasteiger partial charge in [-0.1, -0.05) is 0 Å². The average molecular weight is 403 g/mol. The fourth-order valence-electron chi connectivity index (χ4n) is 2.24. The molecular weight excluding hydrogens is 372 g/mol. The highest BCUT2D eigenvalue weighted by Gasteiger charge is 2.31. The SMILES string of the molecule is COc1ccc(OC)c(S(=O)(=O)N(CCN(C)C)CC(=O)OC(C)(C)C)c1. The zero-order chi connectivity index (χ0) is 20.8. The van der Waals surface area contributed by atoms with Crippen molar-refractivity contribution in [3.05, 3.63) is 18.2 Å². The maximum Gasteiger partial charge on any atom is 0.321 e. The van der Waals surface area contributed by atoms with Gasteiger partial charge in [0.1, 0.15) is 28.5 Å². The zero-order valence-electron chi connectivity index (χ0n) is 17.1. The van der Waals surface area contributed by atoms with Crippen LogP contribution in [0.5, 0.6) is 11.5 Å². The lowest BCUT2D eigenvalue weighted by molar-refractivity contribution is -0.155. The Labute approximate surface area is 162 Å². The van der Waals surface area contributed by atoms with Crippen molar-refractivity contribution in [1.82, 2.24) is 9.21 Å². The van der Waals surface area contributed by atoms with E-state index in [-0.39, 0.29) is 17.2 Å². The molecule has 0 amide bonds. The highest BCUT2D eigenvalue weighted by Crippen LogP contribution is 2.30. The first-order chi connectivity index (χ1) is 12.4. The van der Waals surface area contributed by atoms with Gasteiger partial charge in [-0.15, -0.1) is 0 Å². The van der Waals surface area contributed by atoms with Crippen LogP contribution in [-0.2, 0) is 19.6 Å². The molecule has 0 saturated heterocycles. The molecule has 27 heavy (non-hydrogen) atoms. The first-order valence-corrected chi connectivity index (χ1v) is 9.93. The minimum absolute atomic E-state index is 0.0633. The minimum Gasteiger partial charge on any atom is -0.497 e. The van der Waals surface area contributed by atoms with Crippen molar-refractivity contribution in [2.75, 3.05) is 47.9 Å². The van der Waals surface area contributed by atoms with Gasteiger partial charge in [-0.25, -0.2) is 8.42 Å². The Bertz CT molecular complexity index is 741. The second kappa shape index (κ2) is 9.38. The quantitative estimate of drug-likeness (QED) is 0.580. The fourth-order valence-corrected chi connectivity index (χ4v) is 3.78. The van der Waals surface area contributed by atoms with Crippen LogP contribution in [0, 0.1) is 0 Å². The van der Waals surface area contributed by atoms with Gasteiger partial charge in [0, 0.05) is 19.2 Å². The predicted octanol–water partition coefficient (Wildman–Crippen LogP) is 1.60. The van der Waals surface area contributed by atoms with Crippen molar-refractivity contribution in [3.63, 3.8) is 0 Å². The number of hydrogen-bond acceptors (Lipinski definition) is 7. The molecule has 0 fully saturated rings. The molecule has 154 valence electrons. The second-order valence-corrected chi connectivity index (χ2v) is 9.15. The Morgan fingerprint density at radius 1 is 1.07 bits per heavy atom. The van der Waals surface area contributed by atoms with E-state index in [1.165, 1.54) is 26.4 Å². The van der Waals surface area contributed by atoms with Crippen molar-refractivity contribution in [2.24, 2.45) is 0 Å². The van der Waals surface area contributed by atoms with E-state index in [0.717, 1.165) is 4.31 Å². The summed E-state index contributed by atoms with van der Waals surface area (Å²) in [6.45, 7) is 5.36. The summed E-state index contributed by atoms with van der Waals surface area (Å²) in [4.78, 5) is 14.0. The summed E-state index contributed by atoms with van der Waals surface area (Å²) in [6, 6.07) is 4.51. The van der Waals surface area contributed by atoms with E-state index in [1.54, 1.807) is 26.8 Å². The van der Waals surface area contributed by atoms with Gasteiger partial charge in [0.2, 0.25) is 10.0 Å². The van der Waals surface area contributed by atoms with Gasteiger partial charge < -0.3 is 19.1 Å². The van der Waals surface area contributed by atoms with Crippen LogP contribution in [0.3, 0.4) is 0 Å². The van der Waals surface area contributed by atoms with E-state index in [4.69, 9.17) is 14.2 Å².